The van der Waals surface area contributed by atoms with Crippen LogP contribution in [0.1, 0.15) is 195 Å². The molecule has 37 nitrogen and oxygen atoms in total. The van der Waals surface area contributed by atoms with Crippen molar-refractivity contribution in [1.82, 2.24) is 80.3 Å². The molecular weight excluding hydrogens is 1540 g/mol. The van der Waals surface area contributed by atoms with Crippen molar-refractivity contribution in [3.05, 3.63) is 75.4 Å². The number of hydrogen-bond donors (Lipinski definition) is 7. The zero-order chi connectivity index (χ0) is 84.1. The number of anilines is 3. The number of carboxylic acids is 1. The number of carbonyl (C=O) groups excluding carboxylic acids is 11. The molecule has 8 N–H and O–H groups in total. The first kappa shape index (κ1) is 99.1. The molecule has 0 atom stereocenters. The van der Waals surface area contributed by atoms with E-state index in [9.17, 15) is 57.8 Å². The van der Waals surface area contributed by atoms with Crippen LogP contribution >= 0.6 is 34.8 Å². The van der Waals surface area contributed by atoms with Gasteiger partial charge in [-0.3, -0.25) is 24.0 Å². The minimum atomic E-state index is -1.32. The Balaban J connectivity index is 0.000000348. The largest absolute Gasteiger partial charge is 1.00 e. The Morgan fingerprint density at radius 1 is 0.421 bits per heavy atom. The smallest absolute Gasteiger partial charge is 0.543 e. The molecule has 6 fully saturated rings. The van der Waals surface area contributed by atoms with E-state index in [-0.39, 0.29) is 129 Å². The molecule has 41 heteroatoms. The topological polar surface area (TPSA) is 474 Å². The average Bonchev–Trinajstić information content (AvgIpc) is 0.849. The molecule has 0 aromatic carbocycles. The number of nitrogens with one attached hydrogen (secondary N) is 6. The molecule has 6 aliphatic rings. The fraction of sp³-hybridized carbons (Fsp3) is 0.630. The van der Waals surface area contributed by atoms with Crippen LogP contribution in [0.25, 0.3) is 0 Å². The molecule has 0 aliphatic carbocycles. The molecule has 10 rings (SSSR count). The van der Waals surface area contributed by atoms with Gasteiger partial charge in [-0.25, -0.2) is 63.8 Å². The first-order valence-electron chi connectivity index (χ1n) is 37.1. The summed E-state index contributed by atoms with van der Waals surface area (Å²) in [5.74, 6) is -0.861. The van der Waals surface area contributed by atoms with E-state index >= 15 is 0 Å². The maximum atomic E-state index is 11.5. The van der Waals surface area contributed by atoms with Crippen molar-refractivity contribution in [2.24, 2.45) is 5.73 Å². The molecule has 0 saturated carbocycles. The molecule has 626 valence electrons. The number of nitrogens with two attached hydrogens (primary N) is 1. The summed E-state index contributed by atoms with van der Waals surface area (Å²) in [5, 5.41) is 29.3. The Kier molecular flexibility index (Phi) is 43.7. The van der Waals surface area contributed by atoms with E-state index in [1.165, 1.54) is 52.2 Å². The molecule has 0 unspecified atom stereocenters. The van der Waals surface area contributed by atoms with Crippen molar-refractivity contribution >= 4 is 118 Å². The van der Waals surface area contributed by atoms with Crippen LogP contribution in [0.2, 0.25) is 15.7 Å². The van der Waals surface area contributed by atoms with Crippen molar-refractivity contribution in [3.63, 3.8) is 0 Å². The summed E-state index contributed by atoms with van der Waals surface area (Å²) in [6.07, 6.45) is 12.3. The van der Waals surface area contributed by atoms with Crippen LogP contribution in [0.5, 0.6) is 0 Å². The summed E-state index contributed by atoms with van der Waals surface area (Å²) in [6, 6.07) is 7.01. The molecule has 4 aromatic rings. The van der Waals surface area contributed by atoms with Gasteiger partial charge in [0, 0.05) is 161 Å². The second-order valence-corrected chi connectivity index (χ2v) is 29.9. The fourth-order valence-electron chi connectivity index (χ4n) is 11.6. The molecule has 6 saturated heterocycles. The summed E-state index contributed by atoms with van der Waals surface area (Å²) < 4.78 is 24.0. The number of ether oxygens (including phenoxy) is 5. The molecular formula is C73H110Cl3LiN20O17. The van der Waals surface area contributed by atoms with Gasteiger partial charge in [0.05, 0.1) is 33.0 Å². The summed E-state index contributed by atoms with van der Waals surface area (Å²) >= 11 is 16.8. The van der Waals surface area contributed by atoms with Crippen LogP contribution in [-0.4, -0.2) is 277 Å². The molecule has 114 heavy (non-hydrogen) atoms. The Morgan fingerprint density at radius 2 is 0.719 bits per heavy atom. The number of methoxy groups -OCH3 is 3. The summed E-state index contributed by atoms with van der Waals surface area (Å²) in [5.41, 5.74) is 5.03. The van der Waals surface area contributed by atoms with Crippen molar-refractivity contribution in [2.75, 3.05) is 116 Å². The van der Waals surface area contributed by atoms with E-state index in [2.05, 4.69) is 86.0 Å². The van der Waals surface area contributed by atoms with E-state index in [0.29, 0.717) is 62.8 Å². The van der Waals surface area contributed by atoms with E-state index in [1.54, 1.807) is 50.5 Å². The quantitative estimate of drug-likeness (QED) is 0.0352. The monoisotopic (exact) mass is 1650 g/mol. The first-order valence-corrected chi connectivity index (χ1v) is 38.2. The van der Waals surface area contributed by atoms with Crippen molar-refractivity contribution < 1.29 is 100 Å². The van der Waals surface area contributed by atoms with E-state index in [4.69, 9.17) is 50.0 Å². The zero-order valence-corrected chi connectivity index (χ0v) is 70.1. The minimum Gasteiger partial charge on any atom is -0.543 e. The van der Waals surface area contributed by atoms with Gasteiger partial charge in [0.2, 0.25) is 40.1 Å². The predicted molar refractivity (Wildman–Crippen MR) is 418 cm³/mol. The molecule has 6 aliphatic heterocycles. The number of esters is 3. The number of rotatable bonds is 12. The van der Waals surface area contributed by atoms with Crippen LogP contribution in [0.4, 0.5) is 27.0 Å². The number of nitrogens with zero attached hydrogens (tertiary/aromatic N) is 13. The SMILES string of the molecule is CC(=O)N1CCC(N)CC1.CC(=O)N1CCC(NC(=O)OC(C)(C)C)CC1.CC(=O)N1CCC(Nc2cc(C(=O)[O-])ncn2)CC1.CC(C)(C)OC(=O)NC1CCNCC1.COC(=O)c1cc(Cl)nc(Cl)n1.COC(=O)c1cc(NC2CCN(C(C)=O)CC2)nc(Cl)n1.COC(=O)c1cc(NC2CCN(C(C)=O)CC2)ncn1.[Li+]. The number of carboxylic acid groups (broad SMARTS) is 1. The van der Waals surface area contributed by atoms with Crippen molar-refractivity contribution in [2.45, 2.75) is 201 Å². The van der Waals surface area contributed by atoms with Gasteiger partial charge < -0.3 is 95.7 Å². The Bertz CT molecular complexity index is 3750. The number of amides is 7. The number of aromatic nitrogens is 8. The molecule has 4 aromatic heterocycles. The predicted octanol–water partition coefficient (Wildman–Crippen LogP) is 2.60. The number of likely N-dealkylation sites (tertiary alicyclic amines) is 5. The molecule has 7 amide bonds. The van der Waals surface area contributed by atoms with Crippen LogP contribution in [-0.2, 0) is 47.7 Å². The zero-order valence-electron chi connectivity index (χ0n) is 67.9. The van der Waals surface area contributed by atoms with Crippen molar-refractivity contribution in [3.8, 4) is 0 Å². The molecule has 0 spiro atoms. The molecule has 10 heterocycles. The minimum absolute atomic E-state index is 0. The third kappa shape index (κ3) is 39.3. The third-order valence-corrected chi connectivity index (χ3v) is 18.2. The fourth-order valence-corrected chi connectivity index (χ4v) is 12.2. The number of alkyl carbamates (subject to hydrolysis) is 2. The van der Waals surface area contributed by atoms with Gasteiger partial charge in [0.1, 0.15) is 46.5 Å². The van der Waals surface area contributed by atoms with Crippen LogP contribution < -0.4 is 61.6 Å². The second kappa shape index (κ2) is 50.3. The van der Waals surface area contributed by atoms with Gasteiger partial charge in [-0.15, -0.1) is 0 Å². The maximum absolute atomic E-state index is 11.5. The molecule has 0 bridgehead atoms. The number of halogens is 3. The number of hydrogen-bond acceptors (Lipinski definition) is 30. The van der Waals surface area contributed by atoms with Crippen LogP contribution in [0.15, 0.2) is 36.9 Å². The van der Waals surface area contributed by atoms with Crippen LogP contribution in [0, 0.1) is 0 Å². The summed E-state index contributed by atoms with van der Waals surface area (Å²) in [4.78, 5) is 163. The average molecular weight is 1650 g/mol. The number of piperidine rings is 6. The number of aromatic carboxylic acids is 1. The Morgan fingerprint density at radius 3 is 1.06 bits per heavy atom. The summed E-state index contributed by atoms with van der Waals surface area (Å²) in [6.45, 7) is 28.3. The normalized spacial score (nSPS) is 16.2. The van der Waals surface area contributed by atoms with Crippen LogP contribution in [0.3, 0.4) is 0 Å². The standard InChI is InChI=1S/C13H17ClN4O3.C13H18N4O3.C12H16N4O3.C12H22N2O3.C10H20N2O2.C7H14N2O.C6H4Cl2N2O2.Li/c1-8(19)18-5-3-9(4-6-18)15-11-7-10(12(20)21-2)16-13(14)17-11;1-9(18)17-5-3-10(4-6-17)16-12-7-11(13(19)20-2)14-8-15-12;1-8(17)16-4-2-9(3-5-16)15-11-6-10(12(18)19)13-7-14-11;1-9(15)14-7-5-10(6-8-14)13-11(16)17-12(2,3)4;1-10(2,3)14-9(13)12-8-4-6-11-7-5-8;1-6(10)9-4-2-7(8)3-5-9;1-12-5(11)3-2-4(7)10-6(8)9-3;/h7,9H,3-6H2,1-2H3,(H,15,16,17);7-8,10H,3-6H2,1-2H3,(H,14,15,16);6-7,9H,2-5H2,1H3,(H,18,19)(H,13,14,15);10H,5-8H2,1-4H3,(H,13,16);8,11H,4-7H2,1-3H3,(H,12,13);7H,2-5,8H2,1H3;2H,1H3;/q;;;;;;;+1/p-1. The second-order valence-electron chi connectivity index (χ2n) is 28.8. The van der Waals surface area contributed by atoms with Gasteiger partial charge in [-0.1, -0.05) is 11.6 Å². The van der Waals surface area contributed by atoms with Gasteiger partial charge in [0.25, 0.3) is 0 Å². The van der Waals surface area contributed by atoms with Gasteiger partial charge in [-0.2, -0.15) is 0 Å². The van der Waals surface area contributed by atoms with E-state index in [0.717, 1.165) is 116 Å². The van der Waals surface area contributed by atoms with Gasteiger partial charge in [0.15, 0.2) is 17.1 Å². The Hall–Kier alpha value is -9.12. The number of carbonyl (C=O) groups is 11. The van der Waals surface area contributed by atoms with Gasteiger partial charge >= 0.3 is 49.0 Å². The third-order valence-electron chi connectivity index (χ3n) is 17.7. The summed E-state index contributed by atoms with van der Waals surface area (Å²) in [7, 11) is 3.84. The maximum Gasteiger partial charge on any atom is 1.00 e. The van der Waals surface area contributed by atoms with E-state index in [1.807, 2.05) is 56.2 Å². The van der Waals surface area contributed by atoms with E-state index < -0.39 is 35.1 Å². The first-order chi connectivity index (χ1) is 53.2. The Labute approximate surface area is 692 Å². The van der Waals surface area contributed by atoms with Crippen molar-refractivity contribution in [1.29, 1.82) is 0 Å². The molecule has 0 radical (unpaired) electrons. The van der Waals surface area contributed by atoms with Gasteiger partial charge in [-0.05, 0) is 155 Å².